The Morgan fingerprint density at radius 2 is 2.13 bits per heavy atom. The van der Waals surface area contributed by atoms with Gasteiger partial charge in [0.25, 0.3) is 0 Å². The van der Waals surface area contributed by atoms with E-state index in [-0.39, 0.29) is 0 Å². The molecule has 2 heteroatoms. The van der Waals surface area contributed by atoms with E-state index in [4.69, 9.17) is 5.26 Å². The lowest BCUT2D eigenvalue weighted by Crippen LogP contribution is -1.89. The van der Waals surface area contributed by atoms with Crippen molar-refractivity contribution in [1.29, 1.82) is 5.26 Å². The quantitative estimate of drug-likeness (QED) is 0.735. The van der Waals surface area contributed by atoms with Crippen LogP contribution < -0.4 is 0 Å². The van der Waals surface area contributed by atoms with E-state index in [1.165, 1.54) is 20.5 Å². The fraction of sp³-hybridized carbons (Fsp3) is 0.308. The highest BCUT2D eigenvalue weighted by Crippen LogP contribution is 2.36. The van der Waals surface area contributed by atoms with Crippen LogP contribution in [0.4, 0.5) is 0 Å². The molecule has 1 nitrogen and oxygen atoms in total. The van der Waals surface area contributed by atoms with Gasteiger partial charge in [-0.3, -0.25) is 0 Å². The van der Waals surface area contributed by atoms with Gasteiger partial charge in [0, 0.05) is 21.9 Å². The van der Waals surface area contributed by atoms with Crippen molar-refractivity contribution in [3.63, 3.8) is 0 Å². The van der Waals surface area contributed by atoms with E-state index in [0.29, 0.717) is 12.3 Å². The Bertz CT molecular complexity index is 519. The minimum absolute atomic E-state index is 0.354. The first-order chi connectivity index (χ1) is 7.24. The summed E-state index contributed by atoms with van der Waals surface area (Å²) in [7, 11) is 0. The predicted octanol–water partition coefficient (Wildman–Crippen LogP) is 4.23. The third kappa shape index (κ3) is 1.75. The summed E-state index contributed by atoms with van der Waals surface area (Å²) >= 11 is 1.82. The monoisotopic (exact) mass is 215 g/mol. The average Bonchev–Trinajstić information content (AvgIpc) is 2.57. The zero-order chi connectivity index (χ0) is 10.8. The van der Waals surface area contributed by atoms with Crippen LogP contribution in [0.2, 0.25) is 0 Å². The maximum atomic E-state index is 8.72. The molecule has 0 N–H and O–H groups in total. The zero-order valence-corrected chi connectivity index (χ0v) is 9.77. The molecule has 15 heavy (non-hydrogen) atoms. The Hall–Kier alpha value is -1.33. The lowest BCUT2D eigenvalue weighted by molar-refractivity contribution is 0.802. The molecule has 2 rings (SSSR count). The maximum Gasteiger partial charge on any atom is 0.0628 e. The number of fused-ring (bicyclic) bond motifs is 1. The number of thiophene rings is 1. The molecular formula is C13H13NS. The minimum Gasteiger partial charge on any atom is -0.198 e. The van der Waals surface area contributed by atoms with Gasteiger partial charge in [-0.2, -0.15) is 5.26 Å². The smallest absolute Gasteiger partial charge is 0.0628 e. The summed E-state index contributed by atoms with van der Waals surface area (Å²) < 4.78 is 1.33. The summed E-state index contributed by atoms with van der Waals surface area (Å²) in [5.74, 6) is 0.354. The average molecular weight is 215 g/mol. The Balaban J connectivity index is 2.54. The van der Waals surface area contributed by atoms with Crippen molar-refractivity contribution in [1.82, 2.24) is 0 Å². The Morgan fingerprint density at radius 3 is 2.80 bits per heavy atom. The molecule has 0 bridgehead atoms. The molecule has 0 spiro atoms. The Labute approximate surface area is 94.0 Å². The molecule has 0 fully saturated rings. The first-order valence-corrected chi connectivity index (χ1v) is 5.90. The van der Waals surface area contributed by atoms with Crippen molar-refractivity contribution in [2.75, 3.05) is 0 Å². The summed E-state index contributed by atoms with van der Waals surface area (Å²) in [6.45, 7) is 4.28. The summed E-state index contributed by atoms with van der Waals surface area (Å²) in [6, 6.07) is 10.7. The van der Waals surface area contributed by atoms with Crippen molar-refractivity contribution in [2.24, 2.45) is 0 Å². The van der Waals surface area contributed by atoms with Gasteiger partial charge in [-0.25, -0.2) is 0 Å². The molecule has 0 aliphatic heterocycles. The summed E-state index contributed by atoms with van der Waals surface area (Å²) in [4.78, 5) is 1.36. The molecule has 0 radical (unpaired) electrons. The van der Waals surface area contributed by atoms with E-state index in [0.717, 1.165) is 0 Å². The predicted molar refractivity (Wildman–Crippen MR) is 65.2 cm³/mol. The first-order valence-electron chi connectivity index (χ1n) is 5.09. The fourth-order valence-electron chi connectivity index (χ4n) is 1.89. The summed E-state index contributed by atoms with van der Waals surface area (Å²) in [5, 5.41) is 10.1. The molecule has 0 saturated heterocycles. The van der Waals surface area contributed by atoms with E-state index in [1.54, 1.807) is 0 Å². The molecule has 0 aliphatic carbocycles. The van der Waals surface area contributed by atoms with Gasteiger partial charge >= 0.3 is 0 Å². The molecule has 0 saturated carbocycles. The number of aryl methyl sites for hydroxylation is 1. The summed E-state index contributed by atoms with van der Waals surface area (Å²) in [6.07, 6.45) is 0.605. The fourth-order valence-corrected chi connectivity index (χ4v) is 3.16. The van der Waals surface area contributed by atoms with Gasteiger partial charge in [-0.1, -0.05) is 25.1 Å². The van der Waals surface area contributed by atoms with E-state index >= 15 is 0 Å². The Kier molecular flexibility index (Phi) is 2.75. The number of benzene rings is 1. The molecule has 76 valence electrons. The van der Waals surface area contributed by atoms with Crippen molar-refractivity contribution >= 4 is 21.4 Å². The third-order valence-electron chi connectivity index (χ3n) is 2.73. The van der Waals surface area contributed by atoms with Crippen LogP contribution in [0.25, 0.3) is 10.1 Å². The van der Waals surface area contributed by atoms with Gasteiger partial charge in [0.2, 0.25) is 0 Å². The van der Waals surface area contributed by atoms with Gasteiger partial charge in [-0.05, 0) is 23.9 Å². The van der Waals surface area contributed by atoms with E-state index in [9.17, 15) is 0 Å². The molecule has 0 amide bonds. The second kappa shape index (κ2) is 4.04. The van der Waals surface area contributed by atoms with Gasteiger partial charge < -0.3 is 0 Å². The molecule has 2 aromatic rings. The number of hydrogen-bond acceptors (Lipinski definition) is 2. The standard InChI is InChI=1S/C13H13NS/c1-9(7-8-14)13-10(2)11-5-3-4-6-12(11)15-13/h3-6,9H,7H2,1-2H3. The van der Waals surface area contributed by atoms with Gasteiger partial charge in [-0.15, -0.1) is 11.3 Å². The zero-order valence-electron chi connectivity index (χ0n) is 8.95. The third-order valence-corrected chi connectivity index (χ3v) is 4.23. The van der Waals surface area contributed by atoms with Crippen LogP contribution >= 0.6 is 11.3 Å². The van der Waals surface area contributed by atoms with E-state index in [1.807, 2.05) is 11.3 Å². The molecule has 1 atom stereocenters. The number of nitriles is 1. The SMILES string of the molecule is Cc1c(C(C)CC#N)sc2ccccc12. The van der Waals surface area contributed by atoms with Crippen molar-refractivity contribution in [3.05, 3.63) is 34.7 Å². The highest BCUT2D eigenvalue weighted by molar-refractivity contribution is 7.19. The van der Waals surface area contributed by atoms with Crippen LogP contribution in [-0.2, 0) is 0 Å². The maximum absolute atomic E-state index is 8.72. The molecule has 1 aromatic carbocycles. The minimum atomic E-state index is 0.354. The largest absolute Gasteiger partial charge is 0.198 e. The van der Waals surface area contributed by atoms with Crippen molar-refractivity contribution in [3.8, 4) is 6.07 Å². The van der Waals surface area contributed by atoms with Gasteiger partial charge in [0.1, 0.15) is 0 Å². The molecule has 1 aromatic heterocycles. The van der Waals surface area contributed by atoms with Gasteiger partial charge in [0.15, 0.2) is 0 Å². The molecule has 1 unspecified atom stereocenters. The second-order valence-electron chi connectivity index (χ2n) is 3.85. The molecular weight excluding hydrogens is 202 g/mol. The highest BCUT2D eigenvalue weighted by atomic mass is 32.1. The lowest BCUT2D eigenvalue weighted by Gasteiger charge is -2.04. The Morgan fingerprint density at radius 1 is 1.40 bits per heavy atom. The summed E-state index contributed by atoms with van der Waals surface area (Å²) in [5.41, 5.74) is 1.35. The van der Waals surface area contributed by atoms with Crippen LogP contribution in [0.5, 0.6) is 0 Å². The van der Waals surface area contributed by atoms with E-state index in [2.05, 4.69) is 44.2 Å². The van der Waals surface area contributed by atoms with Gasteiger partial charge in [0.05, 0.1) is 6.07 Å². The topological polar surface area (TPSA) is 23.8 Å². The van der Waals surface area contributed by atoms with Crippen LogP contribution in [0.3, 0.4) is 0 Å². The van der Waals surface area contributed by atoms with Crippen LogP contribution in [0, 0.1) is 18.3 Å². The number of hydrogen-bond donors (Lipinski definition) is 0. The lowest BCUT2D eigenvalue weighted by atomic mass is 10.0. The molecule has 1 heterocycles. The van der Waals surface area contributed by atoms with Crippen LogP contribution in [0.1, 0.15) is 29.7 Å². The highest BCUT2D eigenvalue weighted by Gasteiger charge is 2.13. The van der Waals surface area contributed by atoms with Crippen LogP contribution in [0.15, 0.2) is 24.3 Å². The molecule has 0 aliphatic rings. The second-order valence-corrected chi connectivity index (χ2v) is 4.93. The van der Waals surface area contributed by atoms with Crippen molar-refractivity contribution < 1.29 is 0 Å². The first kappa shape index (κ1) is 10.2. The number of rotatable bonds is 2. The van der Waals surface area contributed by atoms with Crippen LogP contribution in [-0.4, -0.2) is 0 Å². The normalized spacial score (nSPS) is 12.6. The van der Waals surface area contributed by atoms with E-state index < -0.39 is 0 Å². The number of nitrogens with zero attached hydrogens (tertiary/aromatic N) is 1. The van der Waals surface area contributed by atoms with Crippen molar-refractivity contribution in [2.45, 2.75) is 26.2 Å².